The second-order valence-corrected chi connectivity index (χ2v) is 11.0. The summed E-state index contributed by atoms with van der Waals surface area (Å²) in [5.41, 5.74) is 4.51. The van der Waals surface area contributed by atoms with E-state index in [9.17, 15) is 18.3 Å². The lowest BCUT2D eigenvalue weighted by Gasteiger charge is -2.21. The quantitative estimate of drug-likeness (QED) is 0.295. The van der Waals surface area contributed by atoms with E-state index in [1.807, 2.05) is 31.2 Å². The van der Waals surface area contributed by atoms with Gasteiger partial charge in [-0.05, 0) is 55.0 Å². The standard InChI is InChI=1S/C23H21Br2N3O4S/c1-16-2-4-17(5-3-16)14-28(33(31,32)21-9-6-19(24)7-10-21)15-23(30)27-26-13-18-12-20(25)8-11-22(18)29/h2-13,29H,14-15H2,1H3,(H,27,30)/b26-13-. The molecule has 0 atom stereocenters. The summed E-state index contributed by atoms with van der Waals surface area (Å²) in [4.78, 5) is 12.6. The molecule has 0 aliphatic rings. The number of sulfonamides is 1. The third-order valence-corrected chi connectivity index (χ3v) is 7.46. The van der Waals surface area contributed by atoms with Crippen LogP contribution in [0.4, 0.5) is 0 Å². The molecule has 0 saturated carbocycles. The fraction of sp³-hybridized carbons (Fsp3) is 0.130. The Labute approximate surface area is 209 Å². The van der Waals surface area contributed by atoms with Crippen molar-refractivity contribution < 1.29 is 18.3 Å². The summed E-state index contributed by atoms with van der Waals surface area (Å²) < 4.78 is 29.1. The van der Waals surface area contributed by atoms with Crippen molar-refractivity contribution in [2.24, 2.45) is 5.10 Å². The Bertz CT molecular complexity index is 1260. The molecule has 3 aromatic rings. The van der Waals surface area contributed by atoms with Gasteiger partial charge in [-0.15, -0.1) is 0 Å². The highest BCUT2D eigenvalue weighted by atomic mass is 79.9. The first-order valence-electron chi connectivity index (χ1n) is 9.77. The largest absolute Gasteiger partial charge is 0.507 e. The molecule has 0 heterocycles. The normalized spacial score (nSPS) is 11.8. The van der Waals surface area contributed by atoms with Gasteiger partial charge in [0, 0.05) is 21.1 Å². The van der Waals surface area contributed by atoms with E-state index in [0.29, 0.717) is 5.56 Å². The number of aryl methyl sites for hydroxylation is 1. The summed E-state index contributed by atoms with van der Waals surface area (Å²) in [7, 11) is -3.96. The molecule has 3 rings (SSSR count). The third-order valence-electron chi connectivity index (χ3n) is 4.63. The average molecular weight is 595 g/mol. The van der Waals surface area contributed by atoms with Gasteiger partial charge < -0.3 is 5.11 Å². The zero-order chi connectivity index (χ0) is 24.0. The molecule has 0 saturated heterocycles. The molecule has 1 amide bonds. The minimum absolute atomic E-state index is 0.00462. The van der Waals surface area contributed by atoms with Gasteiger partial charge in [0.25, 0.3) is 5.91 Å². The van der Waals surface area contributed by atoms with E-state index in [-0.39, 0.29) is 17.2 Å². The van der Waals surface area contributed by atoms with Gasteiger partial charge in [-0.1, -0.05) is 61.7 Å². The van der Waals surface area contributed by atoms with Crippen molar-refractivity contribution in [3.63, 3.8) is 0 Å². The molecule has 3 aromatic carbocycles. The van der Waals surface area contributed by atoms with Crippen LogP contribution in [-0.2, 0) is 21.4 Å². The van der Waals surface area contributed by atoms with Crippen molar-refractivity contribution in [2.75, 3.05) is 6.54 Å². The van der Waals surface area contributed by atoms with Crippen LogP contribution in [0.5, 0.6) is 5.75 Å². The predicted molar refractivity (Wildman–Crippen MR) is 134 cm³/mol. The van der Waals surface area contributed by atoms with Crippen LogP contribution in [0.25, 0.3) is 0 Å². The zero-order valence-electron chi connectivity index (χ0n) is 17.6. The molecule has 0 aromatic heterocycles. The minimum atomic E-state index is -3.96. The van der Waals surface area contributed by atoms with Gasteiger partial charge in [-0.3, -0.25) is 4.79 Å². The lowest BCUT2D eigenvalue weighted by molar-refractivity contribution is -0.121. The number of carbonyl (C=O) groups is 1. The SMILES string of the molecule is Cc1ccc(CN(CC(=O)N/N=C\c2cc(Br)ccc2O)S(=O)(=O)c2ccc(Br)cc2)cc1. The Morgan fingerprint density at radius 2 is 1.67 bits per heavy atom. The molecular weight excluding hydrogens is 574 g/mol. The molecule has 0 radical (unpaired) electrons. The molecule has 7 nitrogen and oxygen atoms in total. The summed E-state index contributed by atoms with van der Waals surface area (Å²) >= 11 is 6.60. The Balaban J connectivity index is 1.80. The van der Waals surface area contributed by atoms with Gasteiger partial charge in [0.15, 0.2) is 0 Å². The van der Waals surface area contributed by atoms with Gasteiger partial charge in [0.1, 0.15) is 5.75 Å². The van der Waals surface area contributed by atoms with Crippen LogP contribution in [0.2, 0.25) is 0 Å². The van der Waals surface area contributed by atoms with Crippen molar-refractivity contribution >= 4 is 54.0 Å². The number of phenolic OH excluding ortho intramolecular Hbond substituents is 1. The highest BCUT2D eigenvalue weighted by Gasteiger charge is 2.27. The lowest BCUT2D eigenvalue weighted by atomic mass is 10.1. The summed E-state index contributed by atoms with van der Waals surface area (Å²) in [6, 6.07) is 18.4. The number of hydrogen-bond donors (Lipinski definition) is 2. The van der Waals surface area contributed by atoms with Gasteiger partial charge in [0.05, 0.1) is 17.7 Å². The Hall–Kier alpha value is -2.53. The summed E-state index contributed by atoms with van der Waals surface area (Å²) in [5.74, 6) is -0.622. The van der Waals surface area contributed by atoms with Gasteiger partial charge in [-0.25, -0.2) is 13.8 Å². The maximum atomic E-state index is 13.3. The van der Waals surface area contributed by atoms with Crippen LogP contribution in [0.15, 0.2) is 85.7 Å². The predicted octanol–water partition coefficient (Wildman–Crippen LogP) is 4.57. The molecule has 2 N–H and O–H groups in total. The topological polar surface area (TPSA) is 99.1 Å². The maximum absolute atomic E-state index is 13.3. The first-order valence-corrected chi connectivity index (χ1v) is 12.8. The fourth-order valence-corrected chi connectivity index (χ4v) is 4.90. The van der Waals surface area contributed by atoms with Crippen molar-refractivity contribution in [1.29, 1.82) is 0 Å². The number of amides is 1. The van der Waals surface area contributed by atoms with Crippen molar-refractivity contribution in [2.45, 2.75) is 18.4 Å². The number of nitrogens with one attached hydrogen (secondary N) is 1. The summed E-state index contributed by atoms with van der Waals surface area (Å²) in [6.45, 7) is 1.52. The number of halogens is 2. The van der Waals surface area contributed by atoms with Crippen LogP contribution < -0.4 is 5.43 Å². The van der Waals surface area contributed by atoms with Crippen LogP contribution in [0.3, 0.4) is 0 Å². The molecule has 172 valence electrons. The number of carbonyl (C=O) groups excluding carboxylic acids is 1. The van der Waals surface area contributed by atoms with Gasteiger partial charge >= 0.3 is 0 Å². The van der Waals surface area contributed by atoms with Crippen LogP contribution >= 0.6 is 31.9 Å². The molecule has 0 spiro atoms. The lowest BCUT2D eigenvalue weighted by Crippen LogP contribution is -2.39. The zero-order valence-corrected chi connectivity index (χ0v) is 21.6. The Morgan fingerprint density at radius 3 is 2.33 bits per heavy atom. The Morgan fingerprint density at radius 1 is 1.03 bits per heavy atom. The molecule has 33 heavy (non-hydrogen) atoms. The summed E-state index contributed by atoms with van der Waals surface area (Å²) in [6.07, 6.45) is 1.28. The molecule has 10 heteroatoms. The number of nitrogens with zero attached hydrogens (tertiary/aromatic N) is 2. The van der Waals surface area contributed by atoms with Crippen LogP contribution in [0.1, 0.15) is 16.7 Å². The molecule has 0 aliphatic heterocycles. The van der Waals surface area contributed by atoms with E-state index in [4.69, 9.17) is 0 Å². The summed E-state index contributed by atoms with van der Waals surface area (Å²) in [5, 5.41) is 13.7. The van der Waals surface area contributed by atoms with E-state index < -0.39 is 22.5 Å². The van der Waals surface area contributed by atoms with Crippen molar-refractivity contribution in [3.8, 4) is 5.75 Å². The molecule has 0 aliphatic carbocycles. The van der Waals surface area contributed by atoms with E-state index in [2.05, 4.69) is 42.4 Å². The average Bonchev–Trinajstić information content (AvgIpc) is 2.77. The second kappa shape index (κ2) is 11.1. The second-order valence-electron chi connectivity index (χ2n) is 7.21. The fourth-order valence-electron chi connectivity index (χ4n) is 2.88. The number of aromatic hydroxyl groups is 1. The smallest absolute Gasteiger partial charge is 0.255 e. The Kier molecular flexibility index (Phi) is 8.41. The number of benzene rings is 3. The van der Waals surface area contributed by atoms with Crippen molar-refractivity contribution in [1.82, 2.24) is 9.73 Å². The number of hydrogen-bond acceptors (Lipinski definition) is 5. The van der Waals surface area contributed by atoms with E-state index in [1.54, 1.807) is 24.3 Å². The number of hydrazone groups is 1. The minimum Gasteiger partial charge on any atom is -0.507 e. The van der Waals surface area contributed by atoms with Gasteiger partial charge in [0.2, 0.25) is 10.0 Å². The van der Waals surface area contributed by atoms with E-state index >= 15 is 0 Å². The first-order chi connectivity index (χ1) is 15.6. The highest BCUT2D eigenvalue weighted by Crippen LogP contribution is 2.22. The van der Waals surface area contributed by atoms with Crippen LogP contribution in [0, 0.1) is 6.92 Å². The highest BCUT2D eigenvalue weighted by molar-refractivity contribution is 9.10. The van der Waals surface area contributed by atoms with Crippen LogP contribution in [-0.4, -0.2) is 36.5 Å². The van der Waals surface area contributed by atoms with E-state index in [1.165, 1.54) is 24.4 Å². The van der Waals surface area contributed by atoms with Crippen molar-refractivity contribution in [3.05, 3.63) is 92.4 Å². The van der Waals surface area contributed by atoms with E-state index in [0.717, 1.165) is 24.4 Å². The monoisotopic (exact) mass is 593 g/mol. The maximum Gasteiger partial charge on any atom is 0.255 e. The molecule has 0 bridgehead atoms. The third kappa shape index (κ3) is 6.97. The first kappa shape index (κ1) is 25.1. The number of phenols is 1. The van der Waals surface area contributed by atoms with Gasteiger partial charge in [-0.2, -0.15) is 9.41 Å². The molecular formula is C23H21Br2N3O4S. The molecule has 0 unspecified atom stereocenters. The number of rotatable bonds is 8. The molecule has 0 fully saturated rings.